The van der Waals surface area contributed by atoms with Crippen molar-refractivity contribution in [3.8, 4) is 0 Å². The van der Waals surface area contributed by atoms with Gasteiger partial charge in [-0.1, -0.05) is 43.2 Å². The molecule has 4 heteroatoms. The second-order valence-electron chi connectivity index (χ2n) is 6.74. The largest absolute Gasteiger partial charge is 0.388 e. The summed E-state index contributed by atoms with van der Waals surface area (Å²) in [5.74, 6) is 0. The van der Waals surface area contributed by atoms with Gasteiger partial charge in [0.25, 0.3) is 0 Å². The molecule has 0 radical (unpaired) electrons. The molecule has 23 heavy (non-hydrogen) atoms. The summed E-state index contributed by atoms with van der Waals surface area (Å²) >= 11 is 0. The molecule has 0 saturated carbocycles. The maximum absolute atomic E-state index is 10.6. The Balaban J connectivity index is 1.50. The summed E-state index contributed by atoms with van der Waals surface area (Å²) in [5.41, 5.74) is 1.15. The second kappa shape index (κ2) is 8.78. The number of nitrogens with zero attached hydrogens (tertiary/aromatic N) is 1. The van der Waals surface area contributed by atoms with E-state index in [4.69, 9.17) is 9.47 Å². The van der Waals surface area contributed by atoms with Crippen LogP contribution in [0.1, 0.15) is 37.7 Å². The molecule has 0 bridgehead atoms. The number of ether oxygens (including phenoxy) is 2. The molecule has 0 aliphatic carbocycles. The Morgan fingerprint density at radius 1 is 1.09 bits per heavy atom. The van der Waals surface area contributed by atoms with Crippen LogP contribution in [-0.2, 0) is 16.1 Å². The highest BCUT2D eigenvalue weighted by atomic mass is 16.5. The van der Waals surface area contributed by atoms with Crippen molar-refractivity contribution in [2.45, 2.75) is 57.0 Å². The van der Waals surface area contributed by atoms with Gasteiger partial charge < -0.3 is 19.5 Å². The molecule has 3 atom stereocenters. The fourth-order valence-corrected chi connectivity index (χ4v) is 3.54. The average Bonchev–Trinajstić information content (AvgIpc) is 2.85. The van der Waals surface area contributed by atoms with Crippen LogP contribution in [0.3, 0.4) is 0 Å². The Labute approximate surface area is 139 Å². The maximum Gasteiger partial charge on any atom is 0.108 e. The number of aliphatic hydroxyl groups excluding tert-OH is 1. The molecule has 2 aliphatic heterocycles. The van der Waals surface area contributed by atoms with E-state index in [0.29, 0.717) is 13.2 Å². The van der Waals surface area contributed by atoms with Gasteiger partial charge in [0.1, 0.15) is 6.10 Å². The summed E-state index contributed by atoms with van der Waals surface area (Å²) in [5, 5.41) is 10.6. The number of benzene rings is 1. The van der Waals surface area contributed by atoms with Crippen LogP contribution in [0.15, 0.2) is 30.3 Å². The van der Waals surface area contributed by atoms with Crippen LogP contribution in [0, 0.1) is 0 Å². The standard InChI is InChI=1S/C19H29NO3/c21-19-17(23-15-16-8-4-3-5-9-16)10-13-22-18(19)14-20-11-6-1-2-7-12-20/h3-5,8-9,17-19,21H,1-2,6-7,10-15H2/t17-,18-,19+/m1/s1. The minimum atomic E-state index is -0.532. The van der Waals surface area contributed by atoms with Crippen LogP contribution in [0.4, 0.5) is 0 Å². The van der Waals surface area contributed by atoms with E-state index in [1.807, 2.05) is 18.2 Å². The van der Waals surface area contributed by atoms with Gasteiger partial charge in [0.15, 0.2) is 0 Å². The minimum absolute atomic E-state index is 0.123. The third kappa shape index (κ3) is 5.01. The van der Waals surface area contributed by atoms with Crippen LogP contribution in [-0.4, -0.2) is 54.6 Å². The van der Waals surface area contributed by atoms with Crippen molar-refractivity contribution in [2.75, 3.05) is 26.2 Å². The van der Waals surface area contributed by atoms with Crippen LogP contribution in [0.25, 0.3) is 0 Å². The molecule has 1 N–H and O–H groups in total. The first-order valence-corrected chi connectivity index (χ1v) is 9.00. The Kier molecular flexibility index (Phi) is 6.46. The Hall–Kier alpha value is -0.940. The molecule has 1 aromatic rings. The lowest BCUT2D eigenvalue weighted by Crippen LogP contribution is -2.51. The fraction of sp³-hybridized carbons (Fsp3) is 0.684. The normalized spacial score (nSPS) is 30.0. The molecule has 4 nitrogen and oxygen atoms in total. The van der Waals surface area contributed by atoms with Gasteiger partial charge in [-0.05, 0) is 37.9 Å². The molecule has 128 valence electrons. The van der Waals surface area contributed by atoms with Crippen LogP contribution >= 0.6 is 0 Å². The van der Waals surface area contributed by atoms with Gasteiger partial charge >= 0.3 is 0 Å². The molecule has 2 saturated heterocycles. The summed E-state index contributed by atoms with van der Waals surface area (Å²) in [6.07, 6.45) is 5.16. The first-order chi connectivity index (χ1) is 11.3. The number of rotatable bonds is 5. The summed E-state index contributed by atoms with van der Waals surface area (Å²) in [4.78, 5) is 2.44. The number of hydrogen-bond acceptors (Lipinski definition) is 4. The summed E-state index contributed by atoms with van der Waals surface area (Å²) in [6.45, 7) is 4.31. The van der Waals surface area contributed by atoms with Gasteiger partial charge in [-0.25, -0.2) is 0 Å². The molecular weight excluding hydrogens is 290 g/mol. The topological polar surface area (TPSA) is 41.9 Å². The van der Waals surface area contributed by atoms with E-state index in [2.05, 4.69) is 17.0 Å². The smallest absolute Gasteiger partial charge is 0.108 e. The molecular formula is C19H29NO3. The molecule has 2 heterocycles. The van der Waals surface area contributed by atoms with Crippen molar-refractivity contribution in [1.82, 2.24) is 4.90 Å². The van der Waals surface area contributed by atoms with Gasteiger partial charge in [-0.15, -0.1) is 0 Å². The first-order valence-electron chi connectivity index (χ1n) is 9.00. The SMILES string of the molecule is O[C@H]1[C@H](OCc2ccccc2)CCO[C@@H]1CN1CCCCCC1. The average molecular weight is 319 g/mol. The van der Waals surface area contributed by atoms with Crippen molar-refractivity contribution in [2.24, 2.45) is 0 Å². The van der Waals surface area contributed by atoms with Crippen molar-refractivity contribution >= 4 is 0 Å². The number of aliphatic hydroxyl groups is 1. The summed E-state index contributed by atoms with van der Waals surface area (Å²) in [6, 6.07) is 10.1. The lowest BCUT2D eigenvalue weighted by Gasteiger charge is -2.37. The lowest BCUT2D eigenvalue weighted by atomic mass is 10.0. The Bertz CT molecular complexity index is 445. The van der Waals surface area contributed by atoms with Crippen molar-refractivity contribution in [3.63, 3.8) is 0 Å². The summed E-state index contributed by atoms with van der Waals surface area (Å²) in [7, 11) is 0. The van der Waals surface area contributed by atoms with Gasteiger partial charge in [-0.3, -0.25) is 0 Å². The minimum Gasteiger partial charge on any atom is -0.388 e. The monoisotopic (exact) mass is 319 g/mol. The van der Waals surface area contributed by atoms with E-state index in [-0.39, 0.29) is 12.2 Å². The number of likely N-dealkylation sites (tertiary alicyclic amines) is 1. The van der Waals surface area contributed by atoms with Gasteiger partial charge in [0.05, 0.1) is 18.8 Å². The van der Waals surface area contributed by atoms with E-state index in [9.17, 15) is 5.11 Å². The zero-order chi connectivity index (χ0) is 15.9. The first kappa shape index (κ1) is 16.9. The van der Waals surface area contributed by atoms with Crippen LogP contribution in [0.5, 0.6) is 0 Å². The molecule has 2 aliphatic rings. The zero-order valence-corrected chi connectivity index (χ0v) is 13.9. The maximum atomic E-state index is 10.6. The highest BCUT2D eigenvalue weighted by Crippen LogP contribution is 2.21. The highest BCUT2D eigenvalue weighted by Gasteiger charge is 2.34. The Morgan fingerprint density at radius 3 is 2.57 bits per heavy atom. The van der Waals surface area contributed by atoms with Crippen LogP contribution < -0.4 is 0 Å². The molecule has 0 amide bonds. The predicted molar refractivity (Wildman–Crippen MR) is 90.3 cm³/mol. The van der Waals surface area contributed by atoms with Crippen molar-refractivity contribution in [1.29, 1.82) is 0 Å². The van der Waals surface area contributed by atoms with E-state index in [1.165, 1.54) is 25.7 Å². The second-order valence-corrected chi connectivity index (χ2v) is 6.74. The van der Waals surface area contributed by atoms with E-state index < -0.39 is 6.10 Å². The third-order valence-electron chi connectivity index (χ3n) is 4.94. The fourth-order valence-electron chi connectivity index (χ4n) is 3.54. The zero-order valence-electron chi connectivity index (χ0n) is 13.9. The highest BCUT2D eigenvalue weighted by molar-refractivity contribution is 5.13. The van der Waals surface area contributed by atoms with Crippen molar-refractivity contribution in [3.05, 3.63) is 35.9 Å². The molecule has 1 aromatic carbocycles. The van der Waals surface area contributed by atoms with Crippen molar-refractivity contribution < 1.29 is 14.6 Å². The third-order valence-corrected chi connectivity index (χ3v) is 4.94. The van der Waals surface area contributed by atoms with E-state index in [0.717, 1.165) is 31.6 Å². The lowest BCUT2D eigenvalue weighted by molar-refractivity contribution is -0.163. The van der Waals surface area contributed by atoms with Gasteiger partial charge in [-0.2, -0.15) is 0 Å². The number of hydrogen-bond donors (Lipinski definition) is 1. The Morgan fingerprint density at radius 2 is 1.83 bits per heavy atom. The molecule has 0 aromatic heterocycles. The van der Waals surface area contributed by atoms with Gasteiger partial charge in [0, 0.05) is 13.2 Å². The van der Waals surface area contributed by atoms with Crippen LogP contribution in [0.2, 0.25) is 0 Å². The van der Waals surface area contributed by atoms with Gasteiger partial charge in [0.2, 0.25) is 0 Å². The molecule has 3 rings (SSSR count). The molecule has 0 spiro atoms. The molecule has 0 unspecified atom stereocenters. The molecule has 2 fully saturated rings. The predicted octanol–water partition coefficient (Wildman–Crippen LogP) is 2.60. The summed E-state index contributed by atoms with van der Waals surface area (Å²) < 4.78 is 11.8. The van der Waals surface area contributed by atoms with E-state index >= 15 is 0 Å². The quantitative estimate of drug-likeness (QED) is 0.906. The van der Waals surface area contributed by atoms with E-state index in [1.54, 1.807) is 0 Å².